The summed E-state index contributed by atoms with van der Waals surface area (Å²) in [4.78, 5) is 21.3. The highest BCUT2D eigenvalue weighted by molar-refractivity contribution is 5.85. The Kier molecular flexibility index (Phi) is 3.56. The van der Waals surface area contributed by atoms with Gasteiger partial charge in [-0.3, -0.25) is 0 Å². The smallest absolute Gasteiger partial charge is 0.354 e. The summed E-state index contributed by atoms with van der Waals surface area (Å²) in [5.74, 6) is -0.449. The molecule has 0 amide bonds. The molecule has 0 saturated carbocycles. The number of piperidine rings is 1. The molecule has 1 aromatic rings. The first-order chi connectivity index (χ1) is 8.22. The van der Waals surface area contributed by atoms with Gasteiger partial charge >= 0.3 is 5.97 Å². The SMILES string of the molecule is CCC1CCCCN1c1nccc(C(=O)O)n1. The van der Waals surface area contributed by atoms with Gasteiger partial charge in [-0.1, -0.05) is 6.92 Å². The molecule has 0 spiro atoms. The summed E-state index contributed by atoms with van der Waals surface area (Å²) < 4.78 is 0. The molecule has 5 heteroatoms. The molecule has 1 unspecified atom stereocenters. The highest BCUT2D eigenvalue weighted by Gasteiger charge is 2.23. The maximum absolute atomic E-state index is 10.9. The first-order valence-electron chi connectivity index (χ1n) is 6.05. The predicted molar refractivity (Wildman–Crippen MR) is 64.3 cm³/mol. The highest BCUT2D eigenvalue weighted by atomic mass is 16.4. The maximum Gasteiger partial charge on any atom is 0.354 e. The summed E-state index contributed by atoms with van der Waals surface area (Å²) in [6.07, 6.45) is 6.05. The second kappa shape index (κ2) is 5.12. The average molecular weight is 235 g/mol. The minimum atomic E-state index is -1.00. The molecule has 1 aromatic heterocycles. The third-order valence-corrected chi connectivity index (χ3v) is 3.22. The van der Waals surface area contributed by atoms with E-state index in [1.807, 2.05) is 0 Å². The lowest BCUT2D eigenvalue weighted by molar-refractivity contribution is 0.0690. The van der Waals surface area contributed by atoms with Crippen molar-refractivity contribution in [3.8, 4) is 0 Å². The van der Waals surface area contributed by atoms with Gasteiger partial charge in [-0.2, -0.15) is 0 Å². The van der Waals surface area contributed by atoms with Gasteiger partial charge in [0.15, 0.2) is 5.69 Å². The molecule has 0 radical (unpaired) electrons. The third kappa shape index (κ3) is 2.54. The molecule has 0 bridgehead atoms. The van der Waals surface area contributed by atoms with Crippen molar-refractivity contribution in [1.29, 1.82) is 0 Å². The Hall–Kier alpha value is -1.65. The number of hydrogen-bond acceptors (Lipinski definition) is 4. The highest BCUT2D eigenvalue weighted by Crippen LogP contribution is 2.23. The number of hydrogen-bond donors (Lipinski definition) is 1. The van der Waals surface area contributed by atoms with Crippen LogP contribution in [0.4, 0.5) is 5.95 Å². The van der Waals surface area contributed by atoms with Crippen molar-refractivity contribution in [3.63, 3.8) is 0 Å². The van der Waals surface area contributed by atoms with Crippen molar-refractivity contribution in [3.05, 3.63) is 18.0 Å². The van der Waals surface area contributed by atoms with Gasteiger partial charge < -0.3 is 10.0 Å². The van der Waals surface area contributed by atoms with Crippen LogP contribution in [0.5, 0.6) is 0 Å². The molecule has 1 saturated heterocycles. The minimum Gasteiger partial charge on any atom is -0.477 e. The molecule has 1 N–H and O–H groups in total. The normalized spacial score (nSPS) is 20.3. The molecular weight excluding hydrogens is 218 g/mol. The lowest BCUT2D eigenvalue weighted by Crippen LogP contribution is -2.40. The number of carboxylic acid groups (broad SMARTS) is 1. The zero-order chi connectivity index (χ0) is 12.3. The predicted octanol–water partition coefficient (Wildman–Crippen LogP) is 1.94. The van der Waals surface area contributed by atoms with Gasteiger partial charge in [-0.15, -0.1) is 0 Å². The summed E-state index contributed by atoms with van der Waals surface area (Å²) in [5.41, 5.74) is 0.0652. The van der Waals surface area contributed by atoms with Crippen LogP contribution >= 0.6 is 0 Å². The van der Waals surface area contributed by atoms with Gasteiger partial charge in [0.05, 0.1) is 0 Å². The number of rotatable bonds is 3. The second-order valence-corrected chi connectivity index (χ2v) is 4.30. The Morgan fingerprint density at radius 3 is 3.12 bits per heavy atom. The number of aromatic nitrogens is 2. The number of carboxylic acids is 1. The quantitative estimate of drug-likeness (QED) is 0.867. The van der Waals surface area contributed by atoms with E-state index in [4.69, 9.17) is 5.11 Å². The van der Waals surface area contributed by atoms with Crippen molar-refractivity contribution in [2.75, 3.05) is 11.4 Å². The standard InChI is InChI=1S/C12H17N3O2/c1-2-9-5-3-4-8-15(9)12-13-7-6-10(14-12)11(16)17/h6-7,9H,2-5,8H2,1H3,(H,16,17). The van der Waals surface area contributed by atoms with Crippen molar-refractivity contribution in [2.24, 2.45) is 0 Å². The van der Waals surface area contributed by atoms with Gasteiger partial charge in [0.2, 0.25) is 5.95 Å². The Labute approximate surface area is 100 Å². The van der Waals surface area contributed by atoms with Crippen LogP contribution in [0, 0.1) is 0 Å². The average Bonchev–Trinajstić information content (AvgIpc) is 2.39. The largest absolute Gasteiger partial charge is 0.477 e. The van der Waals surface area contributed by atoms with Gasteiger partial charge in [-0.05, 0) is 31.7 Å². The van der Waals surface area contributed by atoms with Gasteiger partial charge in [0.1, 0.15) is 0 Å². The topological polar surface area (TPSA) is 66.3 Å². The summed E-state index contributed by atoms with van der Waals surface area (Å²) in [5, 5.41) is 8.92. The molecule has 1 atom stereocenters. The van der Waals surface area contributed by atoms with Crippen molar-refractivity contribution in [1.82, 2.24) is 9.97 Å². The summed E-state index contributed by atoms with van der Waals surface area (Å²) in [6.45, 7) is 3.06. The van der Waals surface area contributed by atoms with E-state index in [1.54, 1.807) is 0 Å². The van der Waals surface area contributed by atoms with Crippen LogP contribution in [0.1, 0.15) is 43.1 Å². The first-order valence-corrected chi connectivity index (χ1v) is 6.05. The van der Waals surface area contributed by atoms with E-state index in [2.05, 4.69) is 21.8 Å². The third-order valence-electron chi connectivity index (χ3n) is 3.22. The lowest BCUT2D eigenvalue weighted by atomic mass is 10.0. The molecule has 5 nitrogen and oxygen atoms in total. The number of carbonyl (C=O) groups is 1. The Balaban J connectivity index is 2.25. The Bertz CT molecular complexity index is 408. The number of nitrogens with zero attached hydrogens (tertiary/aromatic N) is 3. The molecule has 1 aliphatic heterocycles. The van der Waals surface area contributed by atoms with Crippen molar-refractivity contribution >= 4 is 11.9 Å². The molecule has 0 aromatic carbocycles. The summed E-state index contributed by atoms with van der Waals surface area (Å²) in [6, 6.07) is 1.87. The summed E-state index contributed by atoms with van der Waals surface area (Å²) in [7, 11) is 0. The van der Waals surface area contributed by atoms with Crippen LogP contribution in [0.15, 0.2) is 12.3 Å². The van der Waals surface area contributed by atoms with Crippen LogP contribution < -0.4 is 4.90 Å². The van der Waals surface area contributed by atoms with Crippen LogP contribution in [-0.4, -0.2) is 33.6 Å². The molecule has 92 valence electrons. The molecule has 2 rings (SSSR count). The first kappa shape index (κ1) is 11.8. The van der Waals surface area contributed by atoms with Gasteiger partial charge in [-0.25, -0.2) is 14.8 Å². The van der Waals surface area contributed by atoms with E-state index < -0.39 is 5.97 Å². The lowest BCUT2D eigenvalue weighted by Gasteiger charge is -2.35. The van der Waals surface area contributed by atoms with Crippen LogP contribution in [0.25, 0.3) is 0 Å². The Morgan fingerprint density at radius 1 is 1.59 bits per heavy atom. The fourth-order valence-corrected chi connectivity index (χ4v) is 2.29. The fraction of sp³-hybridized carbons (Fsp3) is 0.583. The molecule has 1 aliphatic rings. The van der Waals surface area contributed by atoms with E-state index in [-0.39, 0.29) is 5.69 Å². The van der Waals surface area contributed by atoms with E-state index in [1.165, 1.54) is 18.7 Å². The van der Waals surface area contributed by atoms with Crippen molar-refractivity contribution in [2.45, 2.75) is 38.6 Å². The van der Waals surface area contributed by atoms with Crippen molar-refractivity contribution < 1.29 is 9.90 Å². The zero-order valence-electron chi connectivity index (χ0n) is 9.96. The van der Waals surface area contributed by atoms with E-state index >= 15 is 0 Å². The van der Waals surface area contributed by atoms with E-state index in [9.17, 15) is 4.79 Å². The maximum atomic E-state index is 10.9. The van der Waals surface area contributed by atoms with E-state index in [0.717, 1.165) is 25.8 Å². The number of aromatic carboxylic acids is 1. The minimum absolute atomic E-state index is 0.0652. The van der Waals surface area contributed by atoms with Crippen LogP contribution in [0.3, 0.4) is 0 Å². The summed E-state index contributed by atoms with van der Waals surface area (Å²) >= 11 is 0. The molecule has 2 heterocycles. The monoisotopic (exact) mass is 235 g/mol. The van der Waals surface area contributed by atoms with Crippen LogP contribution in [-0.2, 0) is 0 Å². The Morgan fingerprint density at radius 2 is 2.41 bits per heavy atom. The van der Waals surface area contributed by atoms with E-state index in [0.29, 0.717) is 12.0 Å². The molecule has 1 fully saturated rings. The number of anilines is 1. The molecular formula is C12H17N3O2. The van der Waals surface area contributed by atoms with Gasteiger partial charge in [0, 0.05) is 18.8 Å². The molecule has 0 aliphatic carbocycles. The second-order valence-electron chi connectivity index (χ2n) is 4.30. The zero-order valence-corrected chi connectivity index (χ0v) is 9.96. The van der Waals surface area contributed by atoms with Crippen LogP contribution in [0.2, 0.25) is 0 Å². The van der Waals surface area contributed by atoms with Gasteiger partial charge in [0.25, 0.3) is 0 Å². The molecule has 17 heavy (non-hydrogen) atoms. The fourth-order valence-electron chi connectivity index (χ4n) is 2.29.